The van der Waals surface area contributed by atoms with Crippen molar-refractivity contribution in [1.29, 1.82) is 0 Å². The Kier molecular flexibility index (Phi) is 6.22. The van der Waals surface area contributed by atoms with E-state index in [-0.39, 0.29) is 29.0 Å². The van der Waals surface area contributed by atoms with Gasteiger partial charge in [0.2, 0.25) is 5.91 Å². The van der Waals surface area contributed by atoms with Crippen LogP contribution in [-0.2, 0) is 4.79 Å². The summed E-state index contributed by atoms with van der Waals surface area (Å²) >= 11 is 1.23. The zero-order chi connectivity index (χ0) is 21.1. The maximum atomic E-state index is 12.9. The minimum absolute atomic E-state index is 0.0409. The smallest absolute Gasteiger partial charge is 0.278 e. The molecule has 29 heavy (non-hydrogen) atoms. The van der Waals surface area contributed by atoms with Gasteiger partial charge in [-0.1, -0.05) is 30.8 Å². The van der Waals surface area contributed by atoms with Gasteiger partial charge in [-0.15, -0.1) is 0 Å². The van der Waals surface area contributed by atoms with Crippen LogP contribution < -0.4 is 10.9 Å². The van der Waals surface area contributed by atoms with Crippen LogP contribution in [0.1, 0.15) is 49.3 Å². The minimum atomic E-state index is -0.231. The van der Waals surface area contributed by atoms with Gasteiger partial charge in [0.1, 0.15) is 5.52 Å². The first kappa shape index (κ1) is 20.9. The summed E-state index contributed by atoms with van der Waals surface area (Å²) in [6.45, 7) is 7.33. The zero-order valence-corrected chi connectivity index (χ0v) is 17.7. The summed E-state index contributed by atoms with van der Waals surface area (Å²) < 4.78 is 1.65. The Hall–Kier alpha value is -2.87. The normalized spacial score (nSPS) is 12.1. The van der Waals surface area contributed by atoms with Crippen LogP contribution >= 0.6 is 11.8 Å². The number of hydrogen-bond donors (Lipinski definition) is 2. The van der Waals surface area contributed by atoms with Crippen molar-refractivity contribution < 1.29 is 9.59 Å². The van der Waals surface area contributed by atoms with Gasteiger partial charge in [-0.2, -0.15) is 0 Å². The molecule has 3 rings (SSSR count). The van der Waals surface area contributed by atoms with Crippen molar-refractivity contribution in [2.75, 3.05) is 11.1 Å². The van der Waals surface area contributed by atoms with E-state index in [1.807, 2.05) is 26.8 Å². The van der Waals surface area contributed by atoms with E-state index in [0.29, 0.717) is 27.4 Å². The molecule has 152 valence electrons. The summed E-state index contributed by atoms with van der Waals surface area (Å²) in [6, 6.07) is 8.60. The predicted molar refractivity (Wildman–Crippen MR) is 116 cm³/mol. The highest BCUT2D eigenvalue weighted by Gasteiger charge is 2.18. The molecule has 0 fully saturated rings. The van der Waals surface area contributed by atoms with Crippen molar-refractivity contribution in [3.05, 3.63) is 51.9 Å². The number of carbonyl (C=O) groups excluding carboxylic acids is 2. The molecule has 1 atom stereocenters. The van der Waals surface area contributed by atoms with Crippen LogP contribution in [0.3, 0.4) is 0 Å². The van der Waals surface area contributed by atoms with Crippen molar-refractivity contribution in [3.8, 4) is 0 Å². The molecule has 2 N–H and O–H groups in total. The van der Waals surface area contributed by atoms with Crippen LogP contribution in [0.4, 0.5) is 5.69 Å². The van der Waals surface area contributed by atoms with Gasteiger partial charge in [0.05, 0.1) is 11.3 Å². The Bertz CT molecular complexity index is 1130. The number of benzene rings is 1. The molecule has 7 nitrogen and oxygen atoms in total. The third-order valence-electron chi connectivity index (χ3n) is 4.70. The van der Waals surface area contributed by atoms with Crippen LogP contribution in [-0.4, -0.2) is 32.0 Å². The Morgan fingerprint density at radius 2 is 2.07 bits per heavy atom. The molecular formula is C21H24N4O3S. The summed E-state index contributed by atoms with van der Waals surface area (Å²) in [4.78, 5) is 44.6. The number of rotatable bonds is 7. The van der Waals surface area contributed by atoms with Gasteiger partial charge in [-0.25, -0.2) is 4.98 Å². The van der Waals surface area contributed by atoms with E-state index in [1.165, 1.54) is 18.7 Å². The van der Waals surface area contributed by atoms with E-state index >= 15 is 0 Å². The average Bonchev–Trinajstić information content (AvgIpc) is 3.06. The SMILES string of the molecule is CC[C@@H](C)n1c(SCC(=O)Nc2cccc(C(C)=O)c2)nc2cc(C)[nH]c2c1=O. The largest absolute Gasteiger partial charge is 0.353 e. The van der Waals surface area contributed by atoms with Gasteiger partial charge in [0.25, 0.3) is 5.56 Å². The summed E-state index contributed by atoms with van der Waals surface area (Å²) in [5.74, 6) is -0.194. The van der Waals surface area contributed by atoms with Crippen LogP contribution in [0.25, 0.3) is 11.0 Å². The number of aromatic amines is 1. The third-order valence-corrected chi connectivity index (χ3v) is 5.66. The zero-order valence-electron chi connectivity index (χ0n) is 16.9. The molecule has 0 spiro atoms. The first-order chi connectivity index (χ1) is 13.8. The average molecular weight is 413 g/mol. The number of nitrogens with one attached hydrogen (secondary N) is 2. The predicted octanol–water partition coefficient (Wildman–Crippen LogP) is 3.94. The summed E-state index contributed by atoms with van der Waals surface area (Å²) in [5, 5.41) is 3.31. The topological polar surface area (TPSA) is 96.8 Å². The van der Waals surface area contributed by atoms with E-state index in [4.69, 9.17) is 0 Å². The number of hydrogen-bond acceptors (Lipinski definition) is 5. The number of aromatic nitrogens is 3. The monoisotopic (exact) mass is 412 g/mol. The maximum absolute atomic E-state index is 12.9. The van der Waals surface area contributed by atoms with Gasteiger partial charge < -0.3 is 10.3 Å². The molecule has 8 heteroatoms. The number of aryl methyl sites for hydroxylation is 1. The van der Waals surface area contributed by atoms with Gasteiger partial charge in [-0.05, 0) is 45.4 Å². The lowest BCUT2D eigenvalue weighted by atomic mass is 10.1. The molecule has 0 aliphatic heterocycles. The van der Waals surface area contributed by atoms with E-state index in [1.54, 1.807) is 28.8 Å². The lowest BCUT2D eigenvalue weighted by Gasteiger charge is -2.17. The number of thioether (sulfide) groups is 1. The number of anilines is 1. The fourth-order valence-electron chi connectivity index (χ4n) is 3.01. The second-order valence-electron chi connectivity index (χ2n) is 7.01. The second kappa shape index (κ2) is 8.65. The minimum Gasteiger partial charge on any atom is -0.353 e. The summed E-state index contributed by atoms with van der Waals surface area (Å²) in [6.07, 6.45) is 0.768. The Labute approximate surface area is 172 Å². The molecule has 3 aromatic rings. The summed E-state index contributed by atoms with van der Waals surface area (Å²) in [5.41, 5.74) is 2.92. The third kappa shape index (κ3) is 4.59. The molecule has 0 unspecified atom stereocenters. The van der Waals surface area contributed by atoms with Crippen molar-refractivity contribution in [2.24, 2.45) is 0 Å². The van der Waals surface area contributed by atoms with E-state index in [9.17, 15) is 14.4 Å². The van der Waals surface area contributed by atoms with Crippen LogP contribution in [0.2, 0.25) is 0 Å². The Balaban J connectivity index is 1.82. The molecule has 1 amide bonds. The van der Waals surface area contributed by atoms with E-state index in [0.717, 1.165) is 12.1 Å². The standard InChI is InChI=1S/C21H24N4O3S/c1-5-13(3)25-20(28)19-17(9-12(2)22-19)24-21(25)29-11-18(27)23-16-8-6-7-15(10-16)14(4)26/h6-10,13,22H,5,11H2,1-4H3,(H,23,27)/t13-/m1/s1. The molecule has 1 aromatic carbocycles. The highest BCUT2D eigenvalue weighted by atomic mass is 32.2. The van der Waals surface area contributed by atoms with Crippen molar-refractivity contribution in [2.45, 2.75) is 45.3 Å². The number of carbonyl (C=O) groups is 2. The van der Waals surface area contributed by atoms with Gasteiger partial charge in [0, 0.05) is 23.0 Å². The number of Topliss-reactive ketones (excluding diaryl/α,β-unsaturated/α-hetero) is 1. The Morgan fingerprint density at radius 1 is 1.31 bits per heavy atom. The molecular weight excluding hydrogens is 388 g/mol. The molecule has 0 bridgehead atoms. The fraction of sp³-hybridized carbons (Fsp3) is 0.333. The molecule has 2 aromatic heterocycles. The molecule has 0 radical (unpaired) electrons. The summed E-state index contributed by atoms with van der Waals surface area (Å²) in [7, 11) is 0. The Morgan fingerprint density at radius 3 is 2.76 bits per heavy atom. The lowest BCUT2D eigenvalue weighted by Crippen LogP contribution is -2.26. The van der Waals surface area contributed by atoms with Crippen LogP contribution in [0.15, 0.2) is 40.3 Å². The first-order valence-electron chi connectivity index (χ1n) is 9.45. The maximum Gasteiger partial charge on any atom is 0.278 e. The van der Waals surface area contributed by atoms with Crippen molar-refractivity contribution in [1.82, 2.24) is 14.5 Å². The van der Waals surface area contributed by atoms with Gasteiger partial charge >= 0.3 is 0 Å². The van der Waals surface area contributed by atoms with E-state index in [2.05, 4.69) is 15.3 Å². The van der Waals surface area contributed by atoms with Crippen LogP contribution in [0.5, 0.6) is 0 Å². The number of amides is 1. The van der Waals surface area contributed by atoms with Crippen LogP contribution in [0, 0.1) is 6.92 Å². The lowest BCUT2D eigenvalue weighted by molar-refractivity contribution is -0.113. The molecule has 0 saturated carbocycles. The quantitative estimate of drug-likeness (QED) is 0.348. The van der Waals surface area contributed by atoms with E-state index < -0.39 is 0 Å². The molecule has 0 aliphatic rings. The first-order valence-corrected chi connectivity index (χ1v) is 10.4. The number of H-pyrrole nitrogens is 1. The highest BCUT2D eigenvalue weighted by Crippen LogP contribution is 2.23. The molecule has 0 aliphatic carbocycles. The second-order valence-corrected chi connectivity index (χ2v) is 7.96. The van der Waals surface area contributed by atoms with Gasteiger partial charge in [0.15, 0.2) is 10.9 Å². The highest BCUT2D eigenvalue weighted by molar-refractivity contribution is 7.99. The number of ketones is 1. The number of fused-ring (bicyclic) bond motifs is 1. The fourth-order valence-corrected chi connectivity index (χ4v) is 3.90. The molecule has 0 saturated heterocycles. The number of nitrogens with zero attached hydrogens (tertiary/aromatic N) is 2. The van der Waals surface area contributed by atoms with Crippen molar-refractivity contribution in [3.63, 3.8) is 0 Å². The molecule has 2 heterocycles. The van der Waals surface area contributed by atoms with Gasteiger partial charge in [-0.3, -0.25) is 19.0 Å². The van der Waals surface area contributed by atoms with Crippen molar-refractivity contribution >= 4 is 40.2 Å².